The second kappa shape index (κ2) is 22.4. The average Bonchev–Trinajstić information content (AvgIpc) is 3.25. The third kappa shape index (κ3) is 12.8. The predicted molar refractivity (Wildman–Crippen MR) is 247 cm³/mol. The molecular formula is C44H37Cl5N8O6. The van der Waals surface area contributed by atoms with Gasteiger partial charge < -0.3 is 21.3 Å². The second-order valence-electron chi connectivity index (χ2n) is 13.7. The Morgan fingerprint density at radius 1 is 0.556 bits per heavy atom. The van der Waals surface area contributed by atoms with Gasteiger partial charge in [-0.05, 0) is 104 Å². The Kier molecular flexibility index (Phi) is 17.0. The van der Waals surface area contributed by atoms with E-state index < -0.39 is 52.7 Å². The van der Waals surface area contributed by atoms with E-state index in [1.807, 2.05) is 0 Å². The van der Waals surface area contributed by atoms with Crippen LogP contribution in [0.4, 0.5) is 34.1 Å². The number of nitrogens with zero attached hydrogens (tertiary/aromatic N) is 4. The molecule has 63 heavy (non-hydrogen) atoms. The lowest BCUT2D eigenvalue weighted by Crippen LogP contribution is -2.32. The Morgan fingerprint density at radius 3 is 1.43 bits per heavy atom. The van der Waals surface area contributed by atoms with Crippen molar-refractivity contribution in [3.63, 3.8) is 0 Å². The van der Waals surface area contributed by atoms with Gasteiger partial charge in [0.1, 0.15) is 0 Å². The molecular weight excluding hydrogens is 914 g/mol. The van der Waals surface area contributed by atoms with Crippen LogP contribution >= 0.6 is 58.0 Å². The van der Waals surface area contributed by atoms with Crippen LogP contribution in [0, 0.1) is 0 Å². The number of carbonyl (C=O) groups is 6. The van der Waals surface area contributed by atoms with Crippen LogP contribution in [-0.4, -0.2) is 47.3 Å². The number of halogens is 5. The van der Waals surface area contributed by atoms with Crippen molar-refractivity contribution in [2.24, 2.45) is 20.5 Å². The number of para-hydroxylation sites is 2. The summed E-state index contributed by atoms with van der Waals surface area (Å²) >= 11 is 31.1. The van der Waals surface area contributed by atoms with Gasteiger partial charge in [0, 0.05) is 34.5 Å². The summed E-state index contributed by atoms with van der Waals surface area (Å²) in [4.78, 5) is 78.3. The Hall–Kier alpha value is -6.03. The van der Waals surface area contributed by atoms with Crippen LogP contribution in [0.3, 0.4) is 0 Å². The molecule has 4 N–H and O–H groups in total. The Labute approximate surface area is 386 Å². The number of azo groups is 2. The van der Waals surface area contributed by atoms with Gasteiger partial charge in [0.15, 0.2) is 11.6 Å². The smallest absolute Gasteiger partial charge is 0.258 e. The minimum Gasteiger partial charge on any atom is -0.324 e. The highest BCUT2D eigenvalue weighted by atomic mass is 35.5. The Morgan fingerprint density at radius 2 is 1.00 bits per heavy atom. The summed E-state index contributed by atoms with van der Waals surface area (Å²) < 4.78 is 0. The minimum absolute atomic E-state index is 0.0645. The average molecular weight is 951 g/mol. The molecule has 5 aromatic carbocycles. The Bertz CT molecular complexity index is 2640. The van der Waals surface area contributed by atoms with E-state index in [0.29, 0.717) is 28.1 Å². The molecule has 0 bridgehead atoms. The fraction of sp³-hybridized carbons (Fsp3) is 0.182. The molecule has 3 unspecified atom stereocenters. The fourth-order valence-electron chi connectivity index (χ4n) is 5.78. The van der Waals surface area contributed by atoms with Crippen LogP contribution in [0.25, 0.3) is 0 Å². The van der Waals surface area contributed by atoms with Crippen LogP contribution in [-0.2, 0) is 30.9 Å². The van der Waals surface area contributed by atoms with Crippen molar-refractivity contribution < 1.29 is 28.8 Å². The molecule has 0 fully saturated rings. The molecule has 0 aliphatic carbocycles. The molecule has 0 radical (unpaired) electrons. The first kappa shape index (κ1) is 48.0. The largest absolute Gasteiger partial charge is 0.324 e. The molecule has 324 valence electrons. The number of benzene rings is 5. The van der Waals surface area contributed by atoms with Crippen molar-refractivity contribution in [1.82, 2.24) is 0 Å². The molecule has 0 saturated heterocycles. The normalized spacial score (nSPS) is 12.6. The summed E-state index contributed by atoms with van der Waals surface area (Å²) in [5, 5.41) is 26.4. The molecule has 0 aliphatic rings. The molecule has 14 nitrogen and oxygen atoms in total. The summed E-state index contributed by atoms with van der Waals surface area (Å²) in [7, 11) is 0. The number of carbonyl (C=O) groups excluding carboxylic acids is 6. The lowest BCUT2D eigenvalue weighted by molar-refractivity contribution is -0.127. The third-order valence-electron chi connectivity index (χ3n) is 9.06. The zero-order valence-corrected chi connectivity index (χ0v) is 37.4. The van der Waals surface area contributed by atoms with Crippen molar-refractivity contribution >= 4 is 127 Å². The van der Waals surface area contributed by atoms with Crippen LogP contribution in [0.2, 0.25) is 10.0 Å². The summed E-state index contributed by atoms with van der Waals surface area (Å²) in [5.74, 6) is -3.69. The van der Waals surface area contributed by atoms with E-state index in [-0.39, 0.29) is 55.7 Å². The van der Waals surface area contributed by atoms with Crippen LogP contribution in [0.15, 0.2) is 124 Å². The van der Waals surface area contributed by atoms with Crippen molar-refractivity contribution in [2.45, 2.75) is 50.0 Å². The topological polar surface area (TPSA) is 200 Å². The number of hydrogen-bond acceptors (Lipinski definition) is 10. The van der Waals surface area contributed by atoms with Gasteiger partial charge in [0.2, 0.25) is 12.1 Å². The zero-order valence-electron chi connectivity index (χ0n) is 33.6. The first-order valence-electron chi connectivity index (χ1n) is 18.8. The highest BCUT2D eigenvalue weighted by Crippen LogP contribution is 2.32. The van der Waals surface area contributed by atoms with Gasteiger partial charge in [-0.3, -0.25) is 28.8 Å². The van der Waals surface area contributed by atoms with Gasteiger partial charge in [-0.15, -0.1) is 34.8 Å². The maximum Gasteiger partial charge on any atom is 0.258 e. The van der Waals surface area contributed by atoms with Crippen molar-refractivity contribution in [3.05, 3.63) is 141 Å². The van der Waals surface area contributed by atoms with Crippen LogP contribution < -0.4 is 21.3 Å². The SMILES string of the molecule is CC(=O)C(N=Nc1ccc(Cl)c(C(=O)Nc2ccccc2CCl)c1)C(=O)Nc1ccc(NC(=O)C(N=Nc2ccc(Cl)c(C(=O)Nc3ccccc3CCl)c2)C(C)=O)c(C(C)Cl)c1. The first-order chi connectivity index (χ1) is 30.1. The van der Waals surface area contributed by atoms with Crippen molar-refractivity contribution in [3.8, 4) is 0 Å². The fourth-order valence-corrected chi connectivity index (χ4v) is 6.83. The molecule has 19 heteroatoms. The number of amides is 4. The van der Waals surface area contributed by atoms with Gasteiger partial charge in [-0.1, -0.05) is 59.6 Å². The van der Waals surface area contributed by atoms with E-state index >= 15 is 0 Å². The van der Waals surface area contributed by atoms with Crippen LogP contribution in [0.5, 0.6) is 0 Å². The number of alkyl halides is 3. The molecule has 4 amide bonds. The van der Waals surface area contributed by atoms with E-state index in [2.05, 4.69) is 41.7 Å². The van der Waals surface area contributed by atoms with Crippen molar-refractivity contribution in [1.29, 1.82) is 0 Å². The first-order valence-corrected chi connectivity index (χ1v) is 21.1. The number of Topliss-reactive ketones (excluding diaryl/α,β-unsaturated/α-hetero) is 2. The molecule has 5 aromatic rings. The van der Waals surface area contributed by atoms with Gasteiger partial charge in [0.05, 0.1) is 37.9 Å². The minimum atomic E-state index is -1.60. The summed E-state index contributed by atoms with van der Waals surface area (Å²) in [6.07, 6.45) is 0. The summed E-state index contributed by atoms with van der Waals surface area (Å²) in [6, 6.07) is 23.6. The van der Waals surface area contributed by atoms with E-state index in [9.17, 15) is 28.8 Å². The van der Waals surface area contributed by atoms with Gasteiger partial charge in [-0.2, -0.15) is 20.5 Å². The van der Waals surface area contributed by atoms with E-state index in [1.165, 1.54) is 61.5 Å². The van der Waals surface area contributed by atoms with E-state index in [4.69, 9.17) is 58.0 Å². The highest BCUT2D eigenvalue weighted by molar-refractivity contribution is 6.35. The molecule has 0 aromatic heterocycles. The zero-order chi connectivity index (χ0) is 45.8. The van der Waals surface area contributed by atoms with E-state index in [1.54, 1.807) is 55.5 Å². The van der Waals surface area contributed by atoms with Crippen molar-refractivity contribution in [2.75, 3.05) is 21.3 Å². The van der Waals surface area contributed by atoms with E-state index in [0.717, 1.165) is 6.92 Å². The second-order valence-corrected chi connectivity index (χ2v) is 15.7. The number of rotatable bonds is 17. The molecule has 0 saturated carbocycles. The molecule has 3 atom stereocenters. The Balaban J connectivity index is 1.28. The number of anilines is 4. The number of nitrogens with one attached hydrogen (secondary N) is 4. The highest BCUT2D eigenvalue weighted by Gasteiger charge is 2.27. The van der Waals surface area contributed by atoms with Gasteiger partial charge in [-0.25, -0.2) is 0 Å². The number of ketones is 2. The number of hydrogen-bond donors (Lipinski definition) is 4. The predicted octanol–water partition coefficient (Wildman–Crippen LogP) is 11.6. The maximum atomic E-state index is 13.5. The lowest BCUT2D eigenvalue weighted by atomic mass is 10.1. The molecule has 5 rings (SSSR count). The van der Waals surface area contributed by atoms with Crippen LogP contribution in [0.1, 0.15) is 63.6 Å². The van der Waals surface area contributed by atoms with Gasteiger partial charge >= 0.3 is 0 Å². The lowest BCUT2D eigenvalue weighted by Gasteiger charge is -2.17. The molecule has 0 heterocycles. The summed E-state index contributed by atoms with van der Waals surface area (Å²) in [5.41, 5.74) is 3.53. The third-order valence-corrected chi connectivity index (χ3v) is 10.5. The maximum absolute atomic E-state index is 13.5. The summed E-state index contributed by atoms with van der Waals surface area (Å²) in [6.45, 7) is 3.95. The standard InChI is InChI=1S/C44H37Cl5N8O6/c1-23(47)31-18-28(50-43(62)39(24(2)58)56-54-29-12-15-34(48)32(19-29)41(60)51-36-10-6-4-8-26(36)21-45)14-17-38(31)53-44(63)40(25(3)59)57-55-30-13-16-35(49)33(20-30)42(61)52-37-11-7-5-9-27(37)22-46/h4-20,23,39-40H,21-22H2,1-3H3,(H,50,62)(H,51,60)(H,52,61)(H,53,63). The molecule has 0 aliphatic heterocycles. The monoisotopic (exact) mass is 948 g/mol. The quantitative estimate of drug-likeness (QED) is 0.0406. The van der Waals surface area contributed by atoms with Gasteiger partial charge in [0.25, 0.3) is 23.6 Å². The molecule has 0 spiro atoms.